The van der Waals surface area contributed by atoms with Crippen molar-refractivity contribution in [2.45, 2.75) is 27.1 Å². The summed E-state index contributed by atoms with van der Waals surface area (Å²) in [6.07, 6.45) is 0.587. The Labute approximate surface area is 107 Å². The van der Waals surface area contributed by atoms with Gasteiger partial charge in [0.15, 0.2) is 6.20 Å². The van der Waals surface area contributed by atoms with Crippen LogP contribution in [0.2, 0.25) is 0 Å². The summed E-state index contributed by atoms with van der Waals surface area (Å²) in [5.41, 5.74) is 5.26. The van der Waals surface area contributed by atoms with Gasteiger partial charge in [0.25, 0.3) is 0 Å². The van der Waals surface area contributed by atoms with E-state index in [2.05, 4.69) is 25.1 Å². The number of nitrogens with zero attached hydrogens (tertiary/aromatic N) is 1. The standard InChI is InChI=1S/C16H20N/c1-5-14-11-17(4)16(10-13(14)3)15-9-7-6-8-12(15)2/h6-11H,5H2,1-4H3/q+1/i5D2. The van der Waals surface area contributed by atoms with Crippen LogP contribution in [-0.2, 0) is 13.4 Å². The van der Waals surface area contributed by atoms with E-state index in [4.69, 9.17) is 2.74 Å². The van der Waals surface area contributed by atoms with E-state index in [0.29, 0.717) is 0 Å². The summed E-state index contributed by atoms with van der Waals surface area (Å²) in [6, 6.07) is 10.3. The van der Waals surface area contributed by atoms with Crippen LogP contribution in [0.3, 0.4) is 0 Å². The zero-order valence-corrected chi connectivity index (χ0v) is 10.9. The Hall–Kier alpha value is -1.63. The summed E-state index contributed by atoms with van der Waals surface area (Å²) in [6.45, 7) is 5.67. The van der Waals surface area contributed by atoms with Gasteiger partial charge in [-0.15, -0.1) is 0 Å². The molecule has 0 N–H and O–H groups in total. The normalized spacial score (nSPS) is 13.2. The smallest absolute Gasteiger partial charge is 0.201 e. The molecule has 0 fully saturated rings. The van der Waals surface area contributed by atoms with E-state index in [1.807, 2.05) is 36.9 Å². The van der Waals surface area contributed by atoms with Crippen molar-refractivity contribution in [1.82, 2.24) is 0 Å². The average molecular weight is 228 g/mol. The molecule has 2 rings (SSSR count). The van der Waals surface area contributed by atoms with E-state index in [-0.39, 0.29) is 0 Å². The van der Waals surface area contributed by atoms with Gasteiger partial charge in [-0.3, -0.25) is 0 Å². The minimum atomic E-state index is -1.31. The Morgan fingerprint density at radius 3 is 2.53 bits per heavy atom. The number of hydrogen-bond acceptors (Lipinski definition) is 0. The van der Waals surface area contributed by atoms with Gasteiger partial charge in [-0.05, 0) is 37.4 Å². The summed E-state index contributed by atoms with van der Waals surface area (Å²) in [5.74, 6) is 0. The second-order valence-corrected chi connectivity index (χ2v) is 4.43. The van der Waals surface area contributed by atoms with Crippen molar-refractivity contribution in [1.29, 1.82) is 0 Å². The van der Waals surface area contributed by atoms with E-state index >= 15 is 0 Å². The molecule has 0 saturated carbocycles. The van der Waals surface area contributed by atoms with Gasteiger partial charge < -0.3 is 0 Å². The number of hydrogen-bond donors (Lipinski definition) is 0. The van der Waals surface area contributed by atoms with Crippen LogP contribution in [0.5, 0.6) is 0 Å². The van der Waals surface area contributed by atoms with Gasteiger partial charge in [0.1, 0.15) is 7.05 Å². The molecule has 1 nitrogen and oxygen atoms in total. The van der Waals surface area contributed by atoms with Gasteiger partial charge in [0.05, 0.1) is 0 Å². The van der Waals surface area contributed by atoms with E-state index in [9.17, 15) is 0 Å². The summed E-state index contributed by atoms with van der Waals surface area (Å²) >= 11 is 0. The molecule has 0 aliphatic rings. The van der Waals surface area contributed by atoms with Crippen LogP contribution in [0.15, 0.2) is 36.5 Å². The molecule has 1 heteroatoms. The van der Waals surface area contributed by atoms with Crippen molar-refractivity contribution in [2.24, 2.45) is 7.05 Å². The number of aryl methyl sites for hydroxylation is 4. The van der Waals surface area contributed by atoms with Gasteiger partial charge in [-0.25, -0.2) is 4.57 Å². The fourth-order valence-electron chi connectivity index (χ4n) is 2.14. The highest BCUT2D eigenvalue weighted by molar-refractivity contribution is 5.61. The Balaban J connectivity index is 2.63. The van der Waals surface area contributed by atoms with Gasteiger partial charge in [0, 0.05) is 19.9 Å². The molecule has 1 heterocycles. The third-order valence-electron chi connectivity index (χ3n) is 3.17. The van der Waals surface area contributed by atoms with Crippen molar-refractivity contribution in [2.75, 3.05) is 0 Å². The first-order valence-corrected chi connectivity index (χ1v) is 5.87. The Bertz CT molecular complexity index is 613. The van der Waals surface area contributed by atoms with Crippen LogP contribution in [-0.4, -0.2) is 0 Å². The van der Waals surface area contributed by atoms with Crippen LogP contribution < -0.4 is 4.57 Å². The van der Waals surface area contributed by atoms with Crippen molar-refractivity contribution in [3.8, 4) is 11.3 Å². The Morgan fingerprint density at radius 2 is 1.88 bits per heavy atom. The lowest BCUT2D eigenvalue weighted by Gasteiger charge is -2.07. The average Bonchev–Trinajstić information content (AvgIpc) is 2.31. The van der Waals surface area contributed by atoms with Crippen molar-refractivity contribution in [3.05, 3.63) is 53.2 Å². The monoisotopic (exact) mass is 228 g/mol. The fraction of sp³-hybridized carbons (Fsp3) is 0.312. The Kier molecular flexibility index (Phi) is 2.60. The van der Waals surface area contributed by atoms with E-state index in [1.54, 1.807) is 6.92 Å². The van der Waals surface area contributed by atoms with E-state index in [1.165, 1.54) is 11.1 Å². The highest BCUT2D eigenvalue weighted by Crippen LogP contribution is 2.21. The van der Waals surface area contributed by atoms with Crippen LogP contribution in [0.4, 0.5) is 0 Å². The molecule has 2 aromatic rings. The first-order chi connectivity index (χ1) is 8.80. The zero-order chi connectivity index (χ0) is 14.2. The summed E-state index contributed by atoms with van der Waals surface area (Å²) < 4.78 is 17.8. The van der Waals surface area contributed by atoms with Crippen LogP contribution >= 0.6 is 0 Å². The van der Waals surface area contributed by atoms with Gasteiger partial charge >= 0.3 is 0 Å². The topological polar surface area (TPSA) is 3.88 Å². The van der Waals surface area contributed by atoms with Crippen molar-refractivity contribution >= 4 is 0 Å². The summed E-state index contributed by atoms with van der Waals surface area (Å²) in [5, 5.41) is 0. The molecular weight excluding hydrogens is 206 g/mol. The molecule has 1 aromatic heterocycles. The van der Waals surface area contributed by atoms with Gasteiger partial charge in [-0.1, -0.05) is 25.1 Å². The highest BCUT2D eigenvalue weighted by atomic mass is 14.9. The number of rotatable bonds is 2. The lowest BCUT2D eigenvalue weighted by atomic mass is 10.0. The number of benzene rings is 1. The predicted octanol–water partition coefficient (Wildman–Crippen LogP) is 3.36. The van der Waals surface area contributed by atoms with Crippen LogP contribution in [0.25, 0.3) is 11.3 Å². The largest absolute Gasteiger partial charge is 0.212 e. The van der Waals surface area contributed by atoms with E-state index in [0.717, 1.165) is 16.8 Å². The molecular formula is C16H20N+. The first kappa shape index (κ1) is 9.41. The van der Waals surface area contributed by atoms with Crippen molar-refractivity contribution in [3.63, 3.8) is 0 Å². The van der Waals surface area contributed by atoms with Gasteiger partial charge in [0.2, 0.25) is 5.69 Å². The van der Waals surface area contributed by atoms with Crippen molar-refractivity contribution < 1.29 is 7.31 Å². The maximum Gasteiger partial charge on any atom is 0.212 e. The third kappa shape index (κ3) is 2.23. The minimum Gasteiger partial charge on any atom is -0.201 e. The van der Waals surface area contributed by atoms with E-state index < -0.39 is 6.37 Å². The second-order valence-electron chi connectivity index (χ2n) is 4.43. The molecule has 0 atom stereocenters. The maximum absolute atomic E-state index is 7.88. The SMILES string of the molecule is [2H]C([2H])(C)c1c[n+](C)c(-c2ccccc2C)cc1C. The molecule has 0 unspecified atom stereocenters. The number of pyridine rings is 1. The molecule has 0 amide bonds. The Morgan fingerprint density at radius 1 is 1.18 bits per heavy atom. The lowest BCUT2D eigenvalue weighted by Crippen LogP contribution is -2.32. The molecule has 0 aliphatic carbocycles. The molecule has 17 heavy (non-hydrogen) atoms. The first-order valence-electron chi connectivity index (χ1n) is 6.87. The fourth-order valence-corrected chi connectivity index (χ4v) is 2.14. The summed E-state index contributed by atoms with van der Waals surface area (Å²) in [7, 11) is 1.97. The quantitative estimate of drug-likeness (QED) is 0.694. The van der Waals surface area contributed by atoms with Crippen LogP contribution in [0, 0.1) is 13.8 Å². The highest BCUT2D eigenvalue weighted by Gasteiger charge is 2.14. The molecule has 0 spiro atoms. The lowest BCUT2D eigenvalue weighted by molar-refractivity contribution is -0.660. The van der Waals surface area contributed by atoms with Crippen LogP contribution in [0.1, 0.15) is 26.4 Å². The minimum absolute atomic E-state index is 0.743. The number of aromatic nitrogens is 1. The van der Waals surface area contributed by atoms with Gasteiger partial charge in [-0.2, -0.15) is 0 Å². The molecule has 0 saturated heterocycles. The molecule has 0 bridgehead atoms. The molecule has 0 radical (unpaired) electrons. The predicted molar refractivity (Wildman–Crippen MR) is 71.9 cm³/mol. The molecule has 88 valence electrons. The summed E-state index contributed by atoms with van der Waals surface area (Å²) in [4.78, 5) is 0. The second kappa shape index (κ2) is 4.70. The molecule has 0 aliphatic heterocycles. The molecule has 1 aromatic carbocycles. The third-order valence-corrected chi connectivity index (χ3v) is 3.17. The zero-order valence-electron chi connectivity index (χ0n) is 12.9. The maximum atomic E-state index is 7.88.